The summed E-state index contributed by atoms with van der Waals surface area (Å²) in [6.07, 6.45) is 5.51. The Bertz CT molecular complexity index is 267. The van der Waals surface area contributed by atoms with Crippen LogP contribution >= 0.6 is 0 Å². The molecule has 0 aliphatic heterocycles. The van der Waals surface area contributed by atoms with E-state index in [0.29, 0.717) is 23.9 Å². The molecule has 0 bridgehead atoms. The lowest BCUT2D eigenvalue weighted by Crippen LogP contribution is -2.44. The highest BCUT2D eigenvalue weighted by molar-refractivity contribution is 5.79. The van der Waals surface area contributed by atoms with Crippen LogP contribution in [0.25, 0.3) is 0 Å². The van der Waals surface area contributed by atoms with Crippen LogP contribution in [0.2, 0.25) is 0 Å². The van der Waals surface area contributed by atoms with Crippen LogP contribution in [0.1, 0.15) is 59.8 Å². The van der Waals surface area contributed by atoms with Gasteiger partial charge in [-0.25, -0.2) is 0 Å². The van der Waals surface area contributed by atoms with Gasteiger partial charge < -0.3 is 10.6 Å². The fourth-order valence-corrected chi connectivity index (χ4v) is 3.09. The van der Waals surface area contributed by atoms with Gasteiger partial charge in [0.2, 0.25) is 5.91 Å². The number of amides is 1. The molecule has 0 aromatic carbocycles. The Morgan fingerprint density at radius 2 is 2.00 bits per heavy atom. The zero-order chi connectivity index (χ0) is 13.7. The first-order chi connectivity index (χ1) is 8.51. The van der Waals surface area contributed by atoms with Crippen LogP contribution in [0.3, 0.4) is 0 Å². The van der Waals surface area contributed by atoms with Crippen LogP contribution < -0.4 is 5.73 Å². The lowest BCUT2D eigenvalue weighted by molar-refractivity contribution is -0.139. The number of hydrogen-bond donors (Lipinski definition) is 1. The van der Waals surface area contributed by atoms with Gasteiger partial charge in [0.25, 0.3) is 0 Å². The van der Waals surface area contributed by atoms with Crippen LogP contribution in [-0.4, -0.2) is 29.4 Å². The van der Waals surface area contributed by atoms with E-state index in [1.807, 2.05) is 4.90 Å². The highest BCUT2D eigenvalue weighted by Crippen LogP contribution is 2.30. The summed E-state index contributed by atoms with van der Waals surface area (Å²) in [5.41, 5.74) is 6.03. The van der Waals surface area contributed by atoms with Crippen molar-refractivity contribution >= 4 is 5.91 Å². The maximum atomic E-state index is 12.6. The molecule has 1 amide bonds. The molecule has 1 fully saturated rings. The summed E-state index contributed by atoms with van der Waals surface area (Å²) in [7, 11) is 0. The predicted octanol–water partition coefficient (Wildman–Crippen LogP) is 2.79. The van der Waals surface area contributed by atoms with E-state index in [9.17, 15) is 4.79 Å². The summed E-state index contributed by atoms with van der Waals surface area (Å²) in [5, 5.41) is 0. The van der Waals surface area contributed by atoms with Crippen molar-refractivity contribution in [2.75, 3.05) is 6.54 Å². The Hall–Kier alpha value is -0.570. The summed E-state index contributed by atoms with van der Waals surface area (Å²) in [4.78, 5) is 14.6. The lowest BCUT2D eigenvalue weighted by atomic mass is 9.78. The second-order valence-corrected chi connectivity index (χ2v) is 5.86. The molecule has 1 aliphatic rings. The van der Waals surface area contributed by atoms with Gasteiger partial charge in [0.05, 0.1) is 0 Å². The number of carbonyl (C=O) groups excluding carboxylic acids is 1. The van der Waals surface area contributed by atoms with Crippen molar-refractivity contribution in [2.45, 2.75) is 71.9 Å². The summed E-state index contributed by atoms with van der Waals surface area (Å²) >= 11 is 0. The normalized spacial score (nSPS) is 27.6. The molecule has 4 atom stereocenters. The van der Waals surface area contributed by atoms with Gasteiger partial charge in [-0.2, -0.15) is 0 Å². The molecule has 0 radical (unpaired) electrons. The van der Waals surface area contributed by atoms with Crippen molar-refractivity contribution in [1.82, 2.24) is 4.90 Å². The Kier molecular flexibility index (Phi) is 6.13. The zero-order valence-corrected chi connectivity index (χ0v) is 12.5. The van der Waals surface area contributed by atoms with E-state index in [4.69, 9.17) is 5.73 Å². The van der Waals surface area contributed by atoms with E-state index in [0.717, 1.165) is 25.8 Å². The van der Waals surface area contributed by atoms with Crippen molar-refractivity contribution in [3.05, 3.63) is 0 Å². The summed E-state index contributed by atoms with van der Waals surface area (Å²) in [6.45, 7) is 9.26. The van der Waals surface area contributed by atoms with Gasteiger partial charge in [0.1, 0.15) is 0 Å². The third kappa shape index (κ3) is 3.71. The molecule has 0 spiro atoms. The second kappa shape index (κ2) is 7.13. The molecule has 1 rings (SSSR count). The lowest BCUT2D eigenvalue weighted by Gasteiger charge is -2.35. The quantitative estimate of drug-likeness (QED) is 0.820. The van der Waals surface area contributed by atoms with Gasteiger partial charge in [-0.3, -0.25) is 4.79 Å². The molecule has 0 heterocycles. The Balaban J connectivity index is 2.63. The fourth-order valence-electron chi connectivity index (χ4n) is 3.09. The minimum atomic E-state index is 0.130. The molecule has 1 aliphatic carbocycles. The van der Waals surface area contributed by atoms with Gasteiger partial charge in [-0.05, 0) is 45.4 Å². The van der Waals surface area contributed by atoms with Crippen molar-refractivity contribution in [2.24, 2.45) is 17.6 Å². The van der Waals surface area contributed by atoms with Gasteiger partial charge in [0.15, 0.2) is 0 Å². The standard InChI is InChI=1S/C15H30N2O/c1-5-11(3)17(6-2)15(18)12(4)13-8-7-9-14(16)10-13/h11-14H,5-10,16H2,1-4H3. The van der Waals surface area contributed by atoms with Crippen molar-refractivity contribution in [3.8, 4) is 0 Å². The molecule has 2 N–H and O–H groups in total. The second-order valence-electron chi connectivity index (χ2n) is 5.86. The molecule has 106 valence electrons. The topological polar surface area (TPSA) is 46.3 Å². The van der Waals surface area contributed by atoms with Crippen molar-refractivity contribution in [1.29, 1.82) is 0 Å². The zero-order valence-electron chi connectivity index (χ0n) is 12.5. The molecule has 18 heavy (non-hydrogen) atoms. The number of carbonyl (C=O) groups is 1. The number of hydrogen-bond acceptors (Lipinski definition) is 2. The first-order valence-corrected chi connectivity index (χ1v) is 7.57. The van der Waals surface area contributed by atoms with Crippen LogP contribution in [0.15, 0.2) is 0 Å². The number of rotatable bonds is 5. The number of nitrogens with zero attached hydrogens (tertiary/aromatic N) is 1. The molecule has 0 aromatic rings. The average Bonchev–Trinajstić information content (AvgIpc) is 2.38. The predicted molar refractivity (Wildman–Crippen MR) is 76.2 cm³/mol. The summed E-state index contributed by atoms with van der Waals surface area (Å²) in [5.74, 6) is 0.940. The van der Waals surface area contributed by atoms with E-state index in [-0.39, 0.29) is 5.92 Å². The van der Waals surface area contributed by atoms with E-state index >= 15 is 0 Å². The molecular formula is C15H30N2O. The van der Waals surface area contributed by atoms with Crippen LogP contribution in [0.5, 0.6) is 0 Å². The van der Waals surface area contributed by atoms with Crippen LogP contribution in [-0.2, 0) is 4.79 Å². The highest BCUT2D eigenvalue weighted by atomic mass is 16.2. The Morgan fingerprint density at radius 3 is 2.50 bits per heavy atom. The molecule has 4 unspecified atom stereocenters. The van der Waals surface area contributed by atoms with E-state index in [2.05, 4.69) is 27.7 Å². The summed E-state index contributed by atoms with van der Waals surface area (Å²) < 4.78 is 0. The van der Waals surface area contributed by atoms with Gasteiger partial charge in [-0.15, -0.1) is 0 Å². The molecule has 1 saturated carbocycles. The smallest absolute Gasteiger partial charge is 0.225 e. The van der Waals surface area contributed by atoms with Crippen molar-refractivity contribution < 1.29 is 4.79 Å². The van der Waals surface area contributed by atoms with E-state index < -0.39 is 0 Å². The third-order valence-corrected chi connectivity index (χ3v) is 4.60. The number of nitrogens with two attached hydrogens (primary N) is 1. The molecule has 3 nitrogen and oxygen atoms in total. The first kappa shape index (κ1) is 15.5. The Labute approximate surface area is 112 Å². The maximum Gasteiger partial charge on any atom is 0.225 e. The largest absolute Gasteiger partial charge is 0.340 e. The molecule has 0 saturated heterocycles. The monoisotopic (exact) mass is 254 g/mol. The maximum absolute atomic E-state index is 12.6. The van der Waals surface area contributed by atoms with Gasteiger partial charge >= 0.3 is 0 Å². The van der Waals surface area contributed by atoms with Crippen LogP contribution in [0.4, 0.5) is 0 Å². The highest BCUT2D eigenvalue weighted by Gasteiger charge is 2.31. The van der Waals surface area contributed by atoms with E-state index in [1.54, 1.807) is 0 Å². The third-order valence-electron chi connectivity index (χ3n) is 4.60. The van der Waals surface area contributed by atoms with Crippen molar-refractivity contribution in [3.63, 3.8) is 0 Å². The SMILES string of the molecule is CCC(C)N(CC)C(=O)C(C)C1CCCC(N)C1. The first-order valence-electron chi connectivity index (χ1n) is 7.57. The average molecular weight is 254 g/mol. The minimum absolute atomic E-state index is 0.130. The molecule has 3 heteroatoms. The minimum Gasteiger partial charge on any atom is -0.340 e. The fraction of sp³-hybridized carbons (Fsp3) is 0.933. The van der Waals surface area contributed by atoms with E-state index in [1.165, 1.54) is 12.8 Å². The summed E-state index contributed by atoms with van der Waals surface area (Å²) in [6, 6.07) is 0.653. The van der Waals surface area contributed by atoms with Crippen LogP contribution in [0, 0.1) is 11.8 Å². The van der Waals surface area contributed by atoms with Gasteiger partial charge in [0, 0.05) is 24.5 Å². The molecular weight excluding hydrogens is 224 g/mol. The molecule has 0 aromatic heterocycles. The Morgan fingerprint density at radius 1 is 1.33 bits per heavy atom. The van der Waals surface area contributed by atoms with Gasteiger partial charge in [-0.1, -0.05) is 20.3 Å².